The fraction of sp³-hybridized carbons (Fsp3) is 0.296. The Hall–Kier alpha value is -4.56. The second-order valence-corrected chi connectivity index (χ2v) is 9.24. The summed E-state index contributed by atoms with van der Waals surface area (Å²) in [5.74, 6) is 0.0391. The molecule has 1 amide bonds. The molecule has 196 valence electrons. The molecule has 1 saturated heterocycles. The van der Waals surface area contributed by atoms with Crippen molar-refractivity contribution in [1.29, 1.82) is 5.26 Å². The fourth-order valence-corrected chi connectivity index (χ4v) is 4.57. The molecular formula is C27H28FN7O3. The number of benzene rings is 1. The summed E-state index contributed by atoms with van der Waals surface area (Å²) in [6.07, 6.45) is 4.31. The summed E-state index contributed by atoms with van der Waals surface area (Å²) in [5.41, 5.74) is 8.66. The molecule has 1 aliphatic rings. The number of nitrogens with one attached hydrogen (secondary N) is 1. The lowest BCUT2D eigenvalue weighted by molar-refractivity contribution is -0.106. The Morgan fingerprint density at radius 3 is 2.84 bits per heavy atom. The first-order chi connectivity index (χ1) is 18.3. The molecule has 0 aliphatic carbocycles. The van der Waals surface area contributed by atoms with Crippen molar-refractivity contribution in [1.82, 2.24) is 20.2 Å². The molecule has 1 aliphatic heterocycles. The summed E-state index contributed by atoms with van der Waals surface area (Å²) >= 11 is 0. The van der Waals surface area contributed by atoms with Crippen LogP contribution in [0.1, 0.15) is 18.9 Å². The zero-order valence-electron chi connectivity index (χ0n) is 21.1. The quantitative estimate of drug-likeness (QED) is 0.329. The molecule has 10 nitrogen and oxygen atoms in total. The highest BCUT2D eigenvalue weighted by atomic mass is 19.1. The molecule has 4 heterocycles. The van der Waals surface area contributed by atoms with Crippen LogP contribution in [0.15, 0.2) is 42.7 Å². The molecule has 11 heteroatoms. The molecule has 4 aromatic rings. The van der Waals surface area contributed by atoms with E-state index in [0.717, 1.165) is 27.6 Å². The van der Waals surface area contributed by atoms with E-state index in [2.05, 4.69) is 32.0 Å². The number of aliphatic hydroxyl groups excluding tert-OH is 1. The van der Waals surface area contributed by atoms with Crippen LogP contribution in [0.3, 0.4) is 0 Å². The number of nitrogens with zero attached hydrogens (tertiary/aromatic N) is 5. The second-order valence-electron chi connectivity index (χ2n) is 9.24. The van der Waals surface area contributed by atoms with Crippen molar-refractivity contribution in [2.75, 3.05) is 31.2 Å². The van der Waals surface area contributed by atoms with Crippen LogP contribution in [0.25, 0.3) is 33.4 Å². The number of hydrogen-bond donors (Lipinski definition) is 3. The summed E-state index contributed by atoms with van der Waals surface area (Å²) in [4.78, 5) is 19.5. The van der Waals surface area contributed by atoms with Crippen LogP contribution >= 0.6 is 0 Å². The van der Waals surface area contributed by atoms with Gasteiger partial charge in [-0.05, 0) is 61.2 Å². The van der Waals surface area contributed by atoms with E-state index in [9.17, 15) is 10.4 Å². The van der Waals surface area contributed by atoms with Gasteiger partial charge in [-0.1, -0.05) is 0 Å². The molecule has 1 atom stereocenters. The third-order valence-electron chi connectivity index (χ3n) is 6.46. The van der Waals surface area contributed by atoms with E-state index in [1.807, 2.05) is 36.9 Å². The Morgan fingerprint density at radius 2 is 2.13 bits per heavy atom. The number of fused-ring (bicyclic) bond motifs is 1. The zero-order valence-corrected chi connectivity index (χ0v) is 21.1. The van der Waals surface area contributed by atoms with Gasteiger partial charge in [0.15, 0.2) is 5.65 Å². The number of aromatic amines is 1. The second kappa shape index (κ2) is 11.2. The molecule has 4 N–H and O–H groups in total. The number of nitrogens with two attached hydrogens (primary N) is 1. The molecular weight excluding hydrogens is 489 g/mol. The van der Waals surface area contributed by atoms with Gasteiger partial charge in [0.05, 0.1) is 35.7 Å². The maximum Gasteiger partial charge on any atom is 0.214 e. The minimum Gasteiger partial charge on any atom is -0.475 e. The van der Waals surface area contributed by atoms with Gasteiger partial charge in [0.2, 0.25) is 12.3 Å². The van der Waals surface area contributed by atoms with Gasteiger partial charge in [-0.25, -0.2) is 14.4 Å². The number of carbonyl (C=O) groups excluding carboxylic acids is 1. The largest absolute Gasteiger partial charge is 0.475 e. The molecule has 3 aromatic heterocycles. The van der Waals surface area contributed by atoms with E-state index in [1.54, 1.807) is 18.5 Å². The molecule has 0 bridgehead atoms. The summed E-state index contributed by atoms with van der Waals surface area (Å²) < 4.78 is 20.8. The lowest BCUT2D eigenvalue weighted by Gasteiger charge is -2.22. The van der Waals surface area contributed by atoms with Gasteiger partial charge in [-0.15, -0.1) is 0 Å². The number of anilines is 1. The summed E-state index contributed by atoms with van der Waals surface area (Å²) in [6.45, 7) is 4.82. The number of rotatable bonds is 6. The predicted octanol–water partition coefficient (Wildman–Crippen LogP) is 3.35. The number of aromatic nitrogens is 4. The van der Waals surface area contributed by atoms with Crippen molar-refractivity contribution in [2.45, 2.75) is 20.3 Å². The lowest BCUT2D eigenvalue weighted by atomic mass is 9.92. The Kier molecular flexibility index (Phi) is 7.83. The first-order valence-corrected chi connectivity index (χ1v) is 12.0. The van der Waals surface area contributed by atoms with E-state index in [-0.39, 0.29) is 25.4 Å². The lowest BCUT2D eigenvalue weighted by Crippen LogP contribution is -2.24. The van der Waals surface area contributed by atoms with Crippen LogP contribution in [0.2, 0.25) is 0 Å². The number of pyridine rings is 2. The van der Waals surface area contributed by atoms with Crippen LogP contribution in [0, 0.1) is 29.5 Å². The number of aliphatic hydroxyl groups is 1. The number of aryl methyl sites for hydroxylation is 1. The average Bonchev–Trinajstić information content (AvgIpc) is 3.55. The van der Waals surface area contributed by atoms with Gasteiger partial charge < -0.3 is 20.5 Å². The average molecular weight is 518 g/mol. The minimum absolute atomic E-state index is 0.0987. The van der Waals surface area contributed by atoms with Crippen molar-refractivity contribution in [2.24, 2.45) is 11.1 Å². The van der Waals surface area contributed by atoms with Crippen LogP contribution in [-0.2, 0) is 4.79 Å². The van der Waals surface area contributed by atoms with Gasteiger partial charge >= 0.3 is 0 Å². The SMILES string of the molecule is Cc1cc(F)c(N2CCC(C)(C#N)C2)cc1-c1cc(OCCO)nc(-c2ccnc3[nH]ncc23)c1.NC=O. The van der Waals surface area contributed by atoms with Crippen LogP contribution in [0.5, 0.6) is 5.88 Å². The minimum atomic E-state index is -0.496. The van der Waals surface area contributed by atoms with Gasteiger partial charge in [0.1, 0.15) is 12.4 Å². The van der Waals surface area contributed by atoms with Crippen molar-refractivity contribution in [3.63, 3.8) is 0 Å². The van der Waals surface area contributed by atoms with Crippen molar-refractivity contribution >= 4 is 23.1 Å². The highest BCUT2D eigenvalue weighted by Gasteiger charge is 2.35. The van der Waals surface area contributed by atoms with Crippen LogP contribution in [-0.4, -0.2) is 58.0 Å². The Labute approximate surface area is 218 Å². The van der Waals surface area contributed by atoms with E-state index >= 15 is 4.39 Å². The summed E-state index contributed by atoms with van der Waals surface area (Å²) in [7, 11) is 0. The highest BCUT2D eigenvalue weighted by Crippen LogP contribution is 2.39. The third-order valence-corrected chi connectivity index (χ3v) is 6.46. The first kappa shape index (κ1) is 26.5. The fourth-order valence-electron chi connectivity index (χ4n) is 4.57. The third kappa shape index (κ3) is 5.40. The van der Waals surface area contributed by atoms with Gasteiger partial charge in [-0.2, -0.15) is 10.4 Å². The number of amides is 1. The van der Waals surface area contributed by atoms with Gasteiger partial charge in [0.25, 0.3) is 0 Å². The van der Waals surface area contributed by atoms with Crippen molar-refractivity contribution in [3.8, 4) is 34.3 Å². The zero-order chi connectivity index (χ0) is 27.3. The smallest absolute Gasteiger partial charge is 0.214 e. The molecule has 38 heavy (non-hydrogen) atoms. The Balaban J connectivity index is 0.00000107. The molecule has 0 radical (unpaired) electrons. The van der Waals surface area contributed by atoms with Crippen molar-refractivity contribution in [3.05, 3.63) is 54.1 Å². The maximum atomic E-state index is 15.1. The standard InChI is InChI=1S/C26H25FN6O2.CH3NO/c1-16-9-21(27)23(33-6-4-26(2,14-28)15-33)12-19(16)17-10-22(31-24(11-17)35-8-7-34)18-3-5-29-25-20(18)13-30-32-25;2-1-3/h3,5,9-13,34H,4,6-8,15H2,1-2H3,(H,29,30,32);1H,(H2,2,3). The number of hydrogen-bond acceptors (Lipinski definition) is 8. The van der Waals surface area contributed by atoms with Crippen molar-refractivity contribution < 1.29 is 19.0 Å². The number of nitriles is 1. The van der Waals surface area contributed by atoms with Gasteiger partial charge in [0, 0.05) is 36.3 Å². The van der Waals surface area contributed by atoms with Crippen LogP contribution < -0.4 is 15.4 Å². The summed E-state index contributed by atoms with van der Waals surface area (Å²) in [6, 6.07) is 11.3. The summed E-state index contributed by atoms with van der Waals surface area (Å²) in [5, 5.41) is 26.6. The Morgan fingerprint density at radius 1 is 1.34 bits per heavy atom. The molecule has 1 fully saturated rings. The molecule has 5 rings (SSSR count). The monoisotopic (exact) mass is 517 g/mol. The van der Waals surface area contributed by atoms with E-state index < -0.39 is 5.41 Å². The van der Waals surface area contributed by atoms with E-state index in [4.69, 9.17) is 9.53 Å². The molecule has 0 spiro atoms. The predicted molar refractivity (Wildman–Crippen MR) is 141 cm³/mol. The molecule has 0 saturated carbocycles. The number of H-pyrrole nitrogens is 1. The highest BCUT2D eigenvalue weighted by molar-refractivity contribution is 5.92. The number of halogens is 1. The normalized spacial score (nSPS) is 16.6. The molecule has 1 unspecified atom stereocenters. The number of primary amides is 1. The molecule has 1 aromatic carbocycles. The topological polar surface area (TPSA) is 154 Å². The Bertz CT molecular complexity index is 1500. The first-order valence-electron chi connectivity index (χ1n) is 12.0. The van der Waals surface area contributed by atoms with Crippen LogP contribution in [0.4, 0.5) is 10.1 Å². The number of ether oxygens (including phenoxy) is 1. The van der Waals surface area contributed by atoms with Gasteiger partial charge in [-0.3, -0.25) is 9.89 Å². The number of carbonyl (C=O) groups is 1. The maximum absolute atomic E-state index is 15.1. The van der Waals surface area contributed by atoms with E-state index in [1.165, 1.54) is 6.07 Å². The van der Waals surface area contributed by atoms with E-state index in [0.29, 0.717) is 42.4 Å².